The van der Waals surface area contributed by atoms with E-state index in [4.69, 9.17) is 0 Å². The van der Waals surface area contributed by atoms with Crippen LogP contribution < -0.4 is 5.32 Å². The first-order chi connectivity index (χ1) is 9.48. The fourth-order valence-corrected chi connectivity index (χ4v) is 2.70. The van der Waals surface area contributed by atoms with E-state index < -0.39 is 5.60 Å². The van der Waals surface area contributed by atoms with Crippen LogP contribution in [-0.4, -0.2) is 23.2 Å². The molecule has 0 unspecified atom stereocenters. The zero-order valence-corrected chi connectivity index (χ0v) is 12.3. The number of amides is 1. The Morgan fingerprint density at radius 2 is 2.05 bits per heavy atom. The van der Waals surface area contributed by atoms with Gasteiger partial charge in [-0.05, 0) is 43.9 Å². The highest BCUT2D eigenvalue weighted by Gasteiger charge is 2.30. The van der Waals surface area contributed by atoms with Crippen molar-refractivity contribution in [1.29, 1.82) is 0 Å². The molecule has 3 heteroatoms. The van der Waals surface area contributed by atoms with Crippen molar-refractivity contribution in [3.63, 3.8) is 0 Å². The van der Waals surface area contributed by atoms with Crippen LogP contribution in [0, 0.1) is 13.8 Å². The summed E-state index contributed by atoms with van der Waals surface area (Å²) in [7, 11) is 0. The molecular weight excluding hydrogens is 250 g/mol. The van der Waals surface area contributed by atoms with Crippen LogP contribution in [0.15, 0.2) is 24.3 Å². The number of carbonyl (C=O) groups is 1. The van der Waals surface area contributed by atoms with E-state index in [1.807, 2.05) is 25.1 Å². The number of hydrogen-bond donors (Lipinski definition) is 2. The van der Waals surface area contributed by atoms with Gasteiger partial charge in [-0.1, -0.05) is 36.6 Å². The second-order valence-electron chi connectivity index (χ2n) is 5.84. The smallest absolute Gasteiger partial charge is 0.244 e. The fourth-order valence-electron chi connectivity index (χ4n) is 2.70. The van der Waals surface area contributed by atoms with Crippen LogP contribution in [-0.2, 0) is 4.79 Å². The molecule has 1 saturated carbocycles. The summed E-state index contributed by atoms with van der Waals surface area (Å²) in [6.45, 7) is 4.43. The lowest BCUT2D eigenvalue weighted by molar-refractivity contribution is -0.117. The number of nitrogens with one attached hydrogen (secondary N) is 1. The van der Waals surface area contributed by atoms with Crippen LogP contribution in [0.5, 0.6) is 0 Å². The summed E-state index contributed by atoms with van der Waals surface area (Å²) >= 11 is 0. The molecule has 0 atom stereocenters. The van der Waals surface area contributed by atoms with Gasteiger partial charge < -0.3 is 10.4 Å². The zero-order valence-electron chi connectivity index (χ0n) is 12.3. The van der Waals surface area contributed by atoms with Gasteiger partial charge in [-0.25, -0.2) is 0 Å². The SMILES string of the molecule is Cc1ccc(C=CC(=O)NCC2(O)CCCC2)c(C)c1. The molecule has 0 radical (unpaired) electrons. The first-order valence-electron chi connectivity index (χ1n) is 7.24. The average molecular weight is 273 g/mol. The lowest BCUT2D eigenvalue weighted by Gasteiger charge is -2.21. The predicted molar refractivity (Wildman–Crippen MR) is 81.4 cm³/mol. The van der Waals surface area contributed by atoms with Crippen LogP contribution in [0.3, 0.4) is 0 Å². The normalized spacial score (nSPS) is 17.6. The molecule has 108 valence electrons. The van der Waals surface area contributed by atoms with Gasteiger partial charge in [0.15, 0.2) is 0 Å². The highest BCUT2D eigenvalue weighted by Crippen LogP contribution is 2.28. The molecule has 3 nitrogen and oxygen atoms in total. The third-order valence-electron chi connectivity index (χ3n) is 3.97. The van der Waals surface area contributed by atoms with Gasteiger partial charge in [0, 0.05) is 12.6 Å². The quantitative estimate of drug-likeness (QED) is 0.829. The van der Waals surface area contributed by atoms with Crippen molar-refractivity contribution in [2.45, 2.75) is 45.1 Å². The van der Waals surface area contributed by atoms with Crippen LogP contribution >= 0.6 is 0 Å². The van der Waals surface area contributed by atoms with Crippen LogP contribution in [0.4, 0.5) is 0 Å². The van der Waals surface area contributed by atoms with Gasteiger partial charge in [0.2, 0.25) is 5.91 Å². The average Bonchev–Trinajstić information content (AvgIpc) is 2.83. The lowest BCUT2D eigenvalue weighted by Crippen LogP contribution is -2.40. The van der Waals surface area contributed by atoms with Gasteiger partial charge in [-0.15, -0.1) is 0 Å². The fraction of sp³-hybridized carbons (Fsp3) is 0.471. The molecule has 0 bridgehead atoms. The number of rotatable bonds is 4. The van der Waals surface area contributed by atoms with Gasteiger partial charge >= 0.3 is 0 Å². The summed E-state index contributed by atoms with van der Waals surface area (Å²) in [5, 5.41) is 13.0. The Bertz CT molecular complexity index is 514. The van der Waals surface area contributed by atoms with E-state index >= 15 is 0 Å². The van der Waals surface area contributed by atoms with Crippen molar-refractivity contribution in [2.24, 2.45) is 0 Å². The van der Waals surface area contributed by atoms with E-state index in [1.54, 1.807) is 0 Å². The summed E-state index contributed by atoms with van der Waals surface area (Å²) < 4.78 is 0. The van der Waals surface area contributed by atoms with E-state index in [0.717, 1.165) is 36.8 Å². The Labute approximate surface area is 120 Å². The molecule has 20 heavy (non-hydrogen) atoms. The highest BCUT2D eigenvalue weighted by atomic mass is 16.3. The molecule has 2 rings (SSSR count). The molecule has 0 aliphatic heterocycles. The number of aryl methyl sites for hydroxylation is 2. The second kappa shape index (κ2) is 6.23. The van der Waals surface area contributed by atoms with Crippen molar-refractivity contribution in [3.8, 4) is 0 Å². The summed E-state index contributed by atoms with van der Waals surface area (Å²) in [5.74, 6) is -0.148. The molecule has 0 saturated heterocycles. The molecule has 1 aromatic rings. The molecular formula is C17H23NO2. The molecule has 1 fully saturated rings. The first kappa shape index (κ1) is 14.8. The van der Waals surface area contributed by atoms with E-state index in [-0.39, 0.29) is 5.91 Å². The molecule has 1 aromatic carbocycles. The molecule has 1 amide bonds. The minimum absolute atomic E-state index is 0.148. The molecule has 0 heterocycles. The maximum atomic E-state index is 11.8. The molecule has 0 aromatic heterocycles. The van der Waals surface area contributed by atoms with Crippen LogP contribution in [0.25, 0.3) is 6.08 Å². The number of carbonyl (C=O) groups excluding carboxylic acids is 1. The van der Waals surface area contributed by atoms with Gasteiger partial charge in [0.25, 0.3) is 0 Å². The van der Waals surface area contributed by atoms with Crippen LogP contribution in [0.2, 0.25) is 0 Å². The Morgan fingerprint density at radius 3 is 2.70 bits per heavy atom. The summed E-state index contributed by atoms with van der Waals surface area (Å²) in [5.41, 5.74) is 2.73. The van der Waals surface area contributed by atoms with Crippen molar-refractivity contribution in [3.05, 3.63) is 41.0 Å². The van der Waals surface area contributed by atoms with Gasteiger partial charge in [0.1, 0.15) is 0 Å². The summed E-state index contributed by atoms with van der Waals surface area (Å²) in [6.07, 6.45) is 7.02. The number of benzene rings is 1. The second-order valence-corrected chi connectivity index (χ2v) is 5.84. The maximum absolute atomic E-state index is 11.8. The van der Waals surface area contributed by atoms with Gasteiger partial charge in [0.05, 0.1) is 5.60 Å². The van der Waals surface area contributed by atoms with E-state index in [9.17, 15) is 9.90 Å². The highest BCUT2D eigenvalue weighted by molar-refractivity contribution is 5.91. The third-order valence-corrected chi connectivity index (χ3v) is 3.97. The van der Waals surface area contributed by atoms with E-state index in [2.05, 4.69) is 18.3 Å². The Kier molecular flexibility index (Phi) is 4.61. The zero-order chi connectivity index (χ0) is 14.6. The molecule has 1 aliphatic rings. The van der Waals surface area contributed by atoms with Gasteiger partial charge in [-0.3, -0.25) is 4.79 Å². The number of aliphatic hydroxyl groups is 1. The van der Waals surface area contributed by atoms with E-state index in [1.165, 1.54) is 11.6 Å². The summed E-state index contributed by atoms with van der Waals surface area (Å²) in [6, 6.07) is 6.14. The Balaban J connectivity index is 1.89. The van der Waals surface area contributed by atoms with Crippen molar-refractivity contribution < 1.29 is 9.90 Å². The van der Waals surface area contributed by atoms with Crippen molar-refractivity contribution >= 4 is 12.0 Å². The van der Waals surface area contributed by atoms with Crippen molar-refractivity contribution in [1.82, 2.24) is 5.32 Å². The van der Waals surface area contributed by atoms with E-state index in [0.29, 0.717) is 6.54 Å². The Morgan fingerprint density at radius 1 is 1.35 bits per heavy atom. The van der Waals surface area contributed by atoms with Gasteiger partial charge in [-0.2, -0.15) is 0 Å². The maximum Gasteiger partial charge on any atom is 0.244 e. The third kappa shape index (κ3) is 3.94. The topological polar surface area (TPSA) is 49.3 Å². The minimum atomic E-state index is -0.691. The van der Waals surface area contributed by atoms with Crippen molar-refractivity contribution in [2.75, 3.05) is 6.54 Å². The predicted octanol–water partition coefficient (Wildman–Crippen LogP) is 2.74. The molecule has 0 spiro atoms. The number of hydrogen-bond acceptors (Lipinski definition) is 2. The standard InChI is InChI=1S/C17H23NO2/c1-13-5-6-15(14(2)11-13)7-8-16(19)18-12-17(20)9-3-4-10-17/h5-8,11,20H,3-4,9-10,12H2,1-2H3,(H,18,19). The Hall–Kier alpha value is -1.61. The molecule has 2 N–H and O–H groups in total. The molecule has 1 aliphatic carbocycles. The minimum Gasteiger partial charge on any atom is -0.388 e. The lowest BCUT2D eigenvalue weighted by atomic mass is 10.0. The van der Waals surface area contributed by atoms with Crippen LogP contribution in [0.1, 0.15) is 42.4 Å². The largest absolute Gasteiger partial charge is 0.388 e. The summed E-state index contributed by atoms with van der Waals surface area (Å²) in [4.78, 5) is 11.8. The first-order valence-corrected chi connectivity index (χ1v) is 7.24. The monoisotopic (exact) mass is 273 g/mol.